The quantitative estimate of drug-likeness (QED) is 0.720. The zero-order valence-electron chi connectivity index (χ0n) is 12.1. The average molecular weight is 267 g/mol. The zero-order chi connectivity index (χ0) is 14.1. The second kappa shape index (κ2) is 5.29. The summed E-state index contributed by atoms with van der Waals surface area (Å²) >= 11 is 0. The second-order valence-electron chi connectivity index (χ2n) is 5.93. The lowest BCUT2D eigenvalue weighted by Gasteiger charge is -2.13. The minimum Gasteiger partial charge on any atom is -0.456 e. The van der Waals surface area contributed by atoms with Crippen LogP contribution >= 0.6 is 0 Å². The van der Waals surface area contributed by atoms with E-state index in [1.54, 1.807) is 0 Å². The summed E-state index contributed by atoms with van der Waals surface area (Å²) in [6.45, 7) is 4.47. The molecule has 0 radical (unpaired) electrons. The van der Waals surface area contributed by atoms with Gasteiger partial charge in [0.2, 0.25) is 0 Å². The molecule has 2 heteroatoms. The van der Waals surface area contributed by atoms with Crippen LogP contribution in [0.2, 0.25) is 0 Å². The minimum atomic E-state index is 0.107. The smallest absolute Gasteiger partial charge is 0.135 e. The van der Waals surface area contributed by atoms with E-state index in [9.17, 15) is 0 Å². The molecular formula is C18H21NO. The molecule has 3 rings (SSSR count). The van der Waals surface area contributed by atoms with Crippen molar-refractivity contribution >= 4 is 21.9 Å². The van der Waals surface area contributed by atoms with Gasteiger partial charge >= 0.3 is 0 Å². The average Bonchev–Trinajstić information content (AvgIpc) is 2.82. The van der Waals surface area contributed by atoms with Crippen LogP contribution < -0.4 is 5.73 Å². The summed E-state index contributed by atoms with van der Waals surface area (Å²) in [6, 6.07) is 14.6. The number of benzene rings is 2. The Balaban J connectivity index is 1.99. The fourth-order valence-corrected chi connectivity index (χ4v) is 2.65. The molecule has 0 spiro atoms. The maximum Gasteiger partial charge on any atom is 0.135 e. The van der Waals surface area contributed by atoms with E-state index in [0.29, 0.717) is 5.92 Å². The van der Waals surface area contributed by atoms with Crippen LogP contribution in [0.5, 0.6) is 0 Å². The Labute approximate surface area is 119 Å². The number of hydrogen-bond donors (Lipinski definition) is 1. The van der Waals surface area contributed by atoms with Crippen LogP contribution in [-0.2, 0) is 0 Å². The van der Waals surface area contributed by atoms with Gasteiger partial charge in [-0.15, -0.1) is 0 Å². The molecule has 0 aliphatic rings. The molecule has 0 fully saturated rings. The normalized spacial score (nSPS) is 13.4. The van der Waals surface area contributed by atoms with Crippen LogP contribution in [0.4, 0.5) is 0 Å². The molecule has 0 saturated carbocycles. The Hall–Kier alpha value is -1.80. The Morgan fingerprint density at radius 3 is 2.50 bits per heavy atom. The van der Waals surface area contributed by atoms with Gasteiger partial charge in [0.15, 0.2) is 0 Å². The van der Waals surface area contributed by atoms with Gasteiger partial charge in [0.1, 0.15) is 11.2 Å². The summed E-state index contributed by atoms with van der Waals surface area (Å²) in [4.78, 5) is 0. The Bertz CT molecular complexity index is 726. The molecular weight excluding hydrogens is 246 g/mol. The van der Waals surface area contributed by atoms with Crippen molar-refractivity contribution in [3.63, 3.8) is 0 Å². The molecule has 1 unspecified atom stereocenters. The first-order valence-electron chi connectivity index (χ1n) is 7.32. The highest BCUT2D eigenvalue weighted by atomic mass is 16.3. The predicted molar refractivity (Wildman–Crippen MR) is 84.7 cm³/mol. The minimum absolute atomic E-state index is 0.107. The van der Waals surface area contributed by atoms with E-state index in [-0.39, 0.29) is 6.04 Å². The van der Waals surface area contributed by atoms with Gasteiger partial charge in [0.05, 0.1) is 0 Å². The van der Waals surface area contributed by atoms with E-state index < -0.39 is 0 Å². The molecule has 1 aromatic heterocycles. The first-order valence-corrected chi connectivity index (χ1v) is 7.32. The molecule has 1 heterocycles. The summed E-state index contributed by atoms with van der Waals surface area (Å²) < 4.78 is 5.84. The molecule has 0 bridgehead atoms. The number of nitrogens with two attached hydrogens (primary N) is 1. The molecule has 20 heavy (non-hydrogen) atoms. The van der Waals surface area contributed by atoms with E-state index in [0.717, 1.165) is 29.4 Å². The van der Waals surface area contributed by atoms with Crippen molar-refractivity contribution in [2.24, 2.45) is 11.7 Å². The SMILES string of the molecule is CC(C)CCC(N)c1ccc2oc3ccccc3c2c1. The van der Waals surface area contributed by atoms with Crippen molar-refractivity contribution in [2.45, 2.75) is 32.7 Å². The maximum absolute atomic E-state index is 6.32. The first-order chi connectivity index (χ1) is 9.65. The van der Waals surface area contributed by atoms with Gasteiger partial charge in [0, 0.05) is 16.8 Å². The van der Waals surface area contributed by atoms with E-state index in [1.807, 2.05) is 24.3 Å². The third-order valence-corrected chi connectivity index (χ3v) is 3.88. The van der Waals surface area contributed by atoms with Crippen LogP contribution in [0, 0.1) is 5.92 Å². The lowest BCUT2D eigenvalue weighted by molar-refractivity contribution is 0.507. The molecule has 0 aliphatic carbocycles. The monoisotopic (exact) mass is 267 g/mol. The largest absolute Gasteiger partial charge is 0.456 e. The summed E-state index contributed by atoms with van der Waals surface area (Å²) in [5, 5.41) is 2.33. The lowest BCUT2D eigenvalue weighted by Crippen LogP contribution is -2.11. The van der Waals surface area contributed by atoms with Crippen molar-refractivity contribution < 1.29 is 4.42 Å². The number of fused-ring (bicyclic) bond motifs is 3. The molecule has 3 aromatic rings. The molecule has 0 saturated heterocycles. The fourth-order valence-electron chi connectivity index (χ4n) is 2.65. The van der Waals surface area contributed by atoms with Gasteiger partial charge < -0.3 is 10.2 Å². The molecule has 2 aromatic carbocycles. The molecule has 104 valence electrons. The molecule has 1 atom stereocenters. The summed E-state index contributed by atoms with van der Waals surface area (Å²) in [5.74, 6) is 0.694. The summed E-state index contributed by atoms with van der Waals surface area (Å²) in [6.07, 6.45) is 2.18. The van der Waals surface area contributed by atoms with Crippen LogP contribution in [-0.4, -0.2) is 0 Å². The first kappa shape index (κ1) is 13.2. The van der Waals surface area contributed by atoms with Gasteiger partial charge in [-0.25, -0.2) is 0 Å². The van der Waals surface area contributed by atoms with Crippen LogP contribution in [0.25, 0.3) is 21.9 Å². The van der Waals surface area contributed by atoms with Crippen molar-refractivity contribution in [1.82, 2.24) is 0 Å². The molecule has 2 nitrogen and oxygen atoms in total. The predicted octanol–water partition coefficient (Wildman–Crippen LogP) is 5.02. The molecule has 2 N–H and O–H groups in total. The zero-order valence-corrected chi connectivity index (χ0v) is 12.1. The third kappa shape index (κ3) is 2.44. The lowest BCUT2D eigenvalue weighted by atomic mass is 9.97. The Morgan fingerprint density at radius 2 is 1.70 bits per heavy atom. The fraction of sp³-hybridized carbons (Fsp3) is 0.333. The summed E-state index contributed by atoms with van der Waals surface area (Å²) in [5.41, 5.74) is 9.39. The van der Waals surface area contributed by atoms with Gasteiger partial charge in [-0.1, -0.05) is 38.1 Å². The highest BCUT2D eigenvalue weighted by molar-refractivity contribution is 6.04. The number of para-hydroxylation sites is 1. The Morgan fingerprint density at radius 1 is 0.950 bits per heavy atom. The second-order valence-corrected chi connectivity index (χ2v) is 5.93. The Kier molecular flexibility index (Phi) is 3.49. The van der Waals surface area contributed by atoms with E-state index in [1.165, 1.54) is 10.9 Å². The third-order valence-electron chi connectivity index (χ3n) is 3.88. The van der Waals surface area contributed by atoms with Crippen molar-refractivity contribution in [3.8, 4) is 0 Å². The van der Waals surface area contributed by atoms with Crippen molar-refractivity contribution in [1.29, 1.82) is 0 Å². The molecule has 0 amide bonds. The van der Waals surface area contributed by atoms with Gasteiger partial charge in [-0.05, 0) is 42.5 Å². The highest BCUT2D eigenvalue weighted by Crippen LogP contribution is 2.31. The van der Waals surface area contributed by atoms with E-state index in [2.05, 4.69) is 32.0 Å². The maximum atomic E-state index is 6.32. The highest BCUT2D eigenvalue weighted by Gasteiger charge is 2.11. The topological polar surface area (TPSA) is 39.2 Å². The number of hydrogen-bond acceptors (Lipinski definition) is 2. The summed E-state index contributed by atoms with van der Waals surface area (Å²) in [7, 11) is 0. The van der Waals surface area contributed by atoms with Crippen molar-refractivity contribution in [2.75, 3.05) is 0 Å². The van der Waals surface area contributed by atoms with Gasteiger partial charge in [-0.2, -0.15) is 0 Å². The van der Waals surface area contributed by atoms with Gasteiger partial charge in [0.25, 0.3) is 0 Å². The van der Waals surface area contributed by atoms with Crippen LogP contribution in [0.1, 0.15) is 38.3 Å². The van der Waals surface area contributed by atoms with Gasteiger partial charge in [-0.3, -0.25) is 0 Å². The van der Waals surface area contributed by atoms with Crippen molar-refractivity contribution in [3.05, 3.63) is 48.0 Å². The van der Waals surface area contributed by atoms with Crippen LogP contribution in [0.15, 0.2) is 46.9 Å². The van der Waals surface area contributed by atoms with E-state index in [4.69, 9.17) is 10.2 Å². The standard InChI is InChI=1S/C18H21NO/c1-12(2)7-9-16(19)13-8-10-18-15(11-13)14-5-3-4-6-17(14)20-18/h3-6,8,10-12,16H,7,9,19H2,1-2H3. The van der Waals surface area contributed by atoms with Crippen LogP contribution in [0.3, 0.4) is 0 Å². The number of rotatable bonds is 4. The number of furan rings is 1. The van der Waals surface area contributed by atoms with E-state index >= 15 is 0 Å². The molecule has 0 aliphatic heterocycles.